The van der Waals surface area contributed by atoms with Crippen LogP contribution in [0.1, 0.15) is 29.8 Å². The van der Waals surface area contributed by atoms with Crippen molar-refractivity contribution in [3.8, 4) is 0 Å². The highest BCUT2D eigenvalue weighted by molar-refractivity contribution is 6.04. The molecule has 1 atom stereocenters. The number of nitrogens with one attached hydrogen (secondary N) is 2. The first kappa shape index (κ1) is 13.1. The summed E-state index contributed by atoms with van der Waals surface area (Å²) in [7, 11) is 1.85. The Kier molecular flexibility index (Phi) is 3.69. The van der Waals surface area contributed by atoms with Crippen molar-refractivity contribution in [2.45, 2.75) is 25.3 Å². The number of aromatic nitrogens is 2. The van der Waals surface area contributed by atoms with Crippen LogP contribution in [0.3, 0.4) is 0 Å². The number of likely N-dealkylation sites (N-methyl/N-ethyl adjacent to an activating group) is 1. The molecule has 1 unspecified atom stereocenters. The van der Waals surface area contributed by atoms with Gasteiger partial charge in [0.2, 0.25) is 0 Å². The minimum Gasteiger partial charge on any atom is -0.339 e. The molecule has 20 heavy (non-hydrogen) atoms. The SMILES string of the molecule is CN(CC1CCCCN1)C(=O)c1n[nH]c2ccccc12. The molecule has 1 aromatic heterocycles. The van der Waals surface area contributed by atoms with Gasteiger partial charge < -0.3 is 10.2 Å². The van der Waals surface area contributed by atoms with Crippen molar-refractivity contribution in [3.05, 3.63) is 30.0 Å². The number of carbonyl (C=O) groups excluding carboxylic acids is 1. The van der Waals surface area contributed by atoms with Crippen LogP contribution in [0.25, 0.3) is 10.9 Å². The third-order valence-electron chi connectivity index (χ3n) is 3.93. The lowest BCUT2D eigenvalue weighted by Crippen LogP contribution is -2.44. The standard InChI is InChI=1S/C15H20N4O/c1-19(10-11-6-4-5-9-16-11)15(20)14-12-7-2-3-8-13(12)17-18-14/h2-3,7-8,11,16H,4-6,9-10H2,1H3,(H,17,18). The molecule has 5 nitrogen and oxygen atoms in total. The first-order chi connectivity index (χ1) is 9.75. The molecule has 0 aliphatic carbocycles. The zero-order valence-corrected chi connectivity index (χ0v) is 11.7. The van der Waals surface area contributed by atoms with Gasteiger partial charge in [-0.1, -0.05) is 24.6 Å². The van der Waals surface area contributed by atoms with Gasteiger partial charge in [0.1, 0.15) is 0 Å². The van der Waals surface area contributed by atoms with Crippen molar-refractivity contribution in [1.29, 1.82) is 0 Å². The van der Waals surface area contributed by atoms with Gasteiger partial charge in [0.25, 0.3) is 5.91 Å². The van der Waals surface area contributed by atoms with Gasteiger partial charge in [-0.25, -0.2) is 0 Å². The quantitative estimate of drug-likeness (QED) is 0.895. The number of H-pyrrole nitrogens is 1. The molecule has 1 aliphatic heterocycles. The molecular formula is C15H20N4O. The van der Waals surface area contributed by atoms with Crippen LogP contribution in [0.4, 0.5) is 0 Å². The summed E-state index contributed by atoms with van der Waals surface area (Å²) in [6.45, 7) is 1.79. The van der Waals surface area contributed by atoms with E-state index in [1.807, 2.05) is 31.3 Å². The van der Waals surface area contributed by atoms with Crippen LogP contribution in [0.15, 0.2) is 24.3 Å². The molecule has 2 heterocycles. The van der Waals surface area contributed by atoms with E-state index in [2.05, 4.69) is 15.5 Å². The highest BCUT2D eigenvalue weighted by atomic mass is 16.2. The van der Waals surface area contributed by atoms with Crippen LogP contribution in [0.5, 0.6) is 0 Å². The predicted octanol–water partition coefficient (Wildman–Crippen LogP) is 1.78. The van der Waals surface area contributed by atoms with Crippen molar-refractivity contribution >= 4 is 16.8 Å². The van der Waals surface area contributed by atoms with E-state index in [0.29, 0.717) is 11.7 Å². The van der Waals surface area contributed by atoms with Crippen LogP contribution >= 0.6 is 0 Å². The molecule has 0 saturated carbocycles. The average molecular weight is 272 g/mol. The third kappa shape index (κ3) is 2.54. The fourth-order valence-corrected chi connectivity index (χ4v) is 2.80. The Morgan fingerprint density at radius 1 is 1.40 bits per heavy atom. The van der Waals surface area contributed by atoms with Crippen LogP contribution in [-0.2, 0) is 0 Å². The molecular weight excluding hydrogens is 252 g/mol. The number of fused-ring (bicyclic) bond motifs is 1. The summed E-state index contributed by atoms with van der Waals surface area (Å²) < 4.78 is 0. The molecule has 0 radical (unpaired) electrons. The van der Waals surface area contributed by atoms with Gasteiger partial charge in [0, 0.05) is 25.0 Å². The van der Waals surface area contributed by atoms with Crippen LogP contribution in [0, 0.1) is 0 Å². The Labute approximate surface area is 118 Å². The monoisotopic (exact) mass is 272 g/mol. The number of hydrogen-bond donors (Lipinski definition) is 2. The summed E-state index contributed by atoms with van der Waals surface area (Å²) in [5.74, 6) is -0.0187. The number of nitrogens with zero attached hydrogens (tertiary/aromatic N) is 2. The Hall–Kier alpha value is -1.88. The van der Waals surface area contributed by atoms with Gasteiger partial charge in [0.05, 0.1) is 5.52 Å². The van der Waals surface area contributed by atoms with Crippen molar-refractivity contribution in [2.24, 2.45) is 0 Å². The fourth-order valence-electron chi connectivity index (χ4n) is 2.80. The number of piperidine rings is 1. The summed E-state index contributed by atoms with van der Waals surface area (Å²) in [6, 6.07) is 8.13. The average Bonchev–Trinajstić information content (AvgIpc) is 2.91. The molecule has 0 bridgehead atoms. The largest absolute Gasteiger partial charge is 0.339 e. The molecule has 1 amide bonds. The maximum atomic E-state index is 12.5. The van der Waals surface area contributed by atoms with Gasteiger partial charge in [-0.3, -0.25) is 9.89 Å². The Morgan fingerprint density at radius 3 is 3.05 bits per heavy atom. The molecule has 1 aliphatic rings. The zero-order chi connectivity index (χ0) is 13.9. The van der Waals surface area contributed by atoms with E-state index in [9.17, 15) is 4.79 Å². The van der Waals surface area contributed by atoms with Crippen molar-refractivity contribution < 1.29 is 4.79 Å². The lowest BCUT2D eigenvalue weighted by atomic mass is 10.0. The topological polar surface area (TPSA) is 61.0 Å². The lowest BCUT2D eigenvalue weighted by Gasteiger charge is -2.27. The maximum absolute atomic E-state index is 12.5. The number of amides is 1. The second-order valence-electron chi connectivity index (χ2n) is 5.45. The predicted molar refractivity (Wildman–Crippen MR) is 78.7 cm³/mol. The number of carbonyl (C=O) groups is 1. The molecule has 2 N–H and O–H groups in total. The molecule has 2 aromatic rings. The molecule has 1 saturated heterocycles. The molecule has 3 rings (SSSR count). The smallest absolute Gasteiger partial charge is 0.274 e. The molecule has 0 spiro atoms. The molecule has 106 valence electrons. The minimum atomic E-state index is -0.0187. The second-order valence-corrected chi connectivity index (χ2v) is 5.45. The third-order valence-corrected chi connectivity index (χ3v) is 3.93. The van der Waals surface area contributed by atoms with Gasteiger partial charge in [0.15, 0.2) is 5.69 Å². The number of aromatic amines is 1. The van der Waals surface area contributed by atoms with E-state index in [4.69, 9.17) is 0 Å². The highest BCUT2D eigenvalue weighted by Crippen LogP contribution is 2.17. The van der Waals surface area contributed by atoms with Crippen LogP contribution in [-0.4, -0.2) is 47.2 Å². The van der Waals surface area contributed by atoms with Crippen molar-refractivity contribution in [1.82, 2.24) is 20.4 Å². The first-order valence-corrected chi connectivity index (χ1v) is 7.17. The number of rotatable bonds is 3. The summed E-state index contributed by atoms with van der Waals surface area (Å²) in [4.78, 5) is 14.3. The Morgan fingerprint density at radius 2 is 2.25 bits per heavy atom. The van der Waals surface area contributed by atoms with Crippen LogP contribution < -0.4 is 5.32 Å². The van der Waals surface area contributed by atoms with Crippen molar-refractivity contribution in [2.75, 3.05) is 20.1 Å². The van der Waals surface area contributed by atoms with Gasteiger partial charge in [-0.2, -0.15) is 5.10 Å². The van der Waals surface area contributed by atoms with E-state index in [1.165, 1.54) is 12.8 Å². The second kappa shape index (κ2) is 5.63. The van der Waals surface area contributed by atoms with E-state index in [1.54, 1.807) is 4.90 Å². The van der Waals surface area contributed by atoms with Gasteiger partial charge >= 0.3 is 0 Å². The fraction of sp³-hybridized carbons (Fsp3) is 0.467. The summed E-state index contributed by atoms with van der Waals surface area (Å²) >= 11 is 0. The lowest BCUT2D eigenvalue weighted by molar-refractivity contribution is 0.0771. The normalized spacial score (nSPS) is 19.1. The number of hydrogen-bond acceptors (Lipinski definition) is 3. The minimum absolute atomic E-state index is 0.0187. The number of benzene rings is 1. The molecule has 1 aromatic carbocycles. The summed E-state index contributed by atoms with van der Waals surface area (Å²) in [5, 5.41) is 11.4. The molecule has 1 fully saturated rings. The summed E-state index contributed by atoms with van der Waals surface area (Å²) in [6.07, 6.45) is 3.61. The number of para-hydroxylation sites is 1. The van der Waals surface area contributed by atoms with Crippen molar-refractivity contribution in [3.63, 3.8) is 0 Å². The Balaban J connectivity index is 1.74. The van der Waals surface area contributed by atoms with Gasteiger partial charge in [-0.15, -0.1) is 0 Å². The summed E-state index contributed by atoms with van der Waals surface area (Å²) in [5.41, 5.74) is 1.42. The van der Waals surface area contributed by atoms with Gasteiger partial charge in [-0.05, 0) is 25.5 Å². The Bertz CT molecular complexity index is 601. The molecule has 5 heteroatoms. The maximum Gasteiger partial charge on any atom is 0.274 e. The highest BCUT2D eigenvalue weighted by Gasteiger charge is 2.21. The van der Waals surface area contributed by atoms with E-state index in [0.717, 1.165) is 30.4 Å². The van der Waals surface area contributed by atoms with E-state index < -0.39 is 0 Å². The first-order valence-electron chi connectivity index (χ1n) is 7.17. The zero-order valence-electron chi connectivity index (χ0n) is 11.7. The van der Waals surface area contributed by atoms with E-state index >= 15 is 0 Å². The van der Waals surface area contributed by atoms with Crippen LogP contribution in [0.2, 0.25) is 0 Å². The van der Waals surface area contributed by atoms with E-state index in [-0.39, 0.29) is 5.91 Å².